The van der Waals surface area contributed by atoms with Gasteiger partial charge in [0.25, 0.3) is 0 Å². The first-order valence-corrected chi connectivity index (χ1v) is 8.25. The number of carboxylic acids is 1. The molecule has 20 heavy (non-hydrogen) atoms. The fourth-order valence-corrected chi connectivity index (χ4v) is 4.28. The summed E-state index contributed by atoms with van der Waals surface area (Å²) in [5.41, 5.74) is -0.404. The fraction of sp³-hybridized carbons (Fsp3) is 0.417. The van der Waals surface area contributed by atoms with Crippen LogP contribution in [0.5, 0.6) is 0 Å². The Kier molecular flexibility index (Phi) is 4.30. The molecule has 0 aliphatic heterocycles. The van der Waals surface area contributed by atoms with Crippen molar-refractivity contribution in [1.29, 1.82) is 0 Å². The minimum atomic E-state index is -3.85. The van der Waals surface area contributed by atoms with Gasteiger partial charge in [0.2, 0.25) is 10.0 Å². The second-order valence-corrected chi connectivity index (χ2v) is 7.14. The highest BCUT2D eigenvalue weighted by Gasteiger charge is 2.39. The summed E-state index contributed by atoms with van der Waals surface area (Å²) < 4.78 is 27.0. The summed E-state index contributed by atoms with van der Waals surface area (Å²) in [7, 11) is -3.85. The molecular weight excluding hydrogens is 325 g/mol. The van der Waals surface area contributed by atoms with Crippen molar-refractivity contribution in [2.75, 3.05) is 0 Å². The van der Waals surface area contributed by atoms with E-state index in [1.807, 2.05) is 6.92 Å². The molecule has 0 amide bonds. The van der Waals surface area contributed by atoms with Crippen molar-refractivity contribution in [1.82, 2.24) is 4.72 Å². The zero-order chi connectivity index (χ0) is 15.1. The Balaban J connectivity index is 2.38. The SMILES string of the molecule is CCC1CC1NS(=O)(=O)c1ccc(Cl)c(C(=O)O)c1Cl. The standard InChI is InChI=1S/C12H13Cl2NO4S/c1-2-6-5-8(6)15-20(18,19)9-4-3-7(13)10(11(9)14)12(16)17/h3-4,6,8,15H,2,5H2,1H3,(H,16,17). The lowest BCUT2D eigenvalue weighted by Crippen LogP contribution is -2.27. The molecule has 0 radical (unpaired) electrons. The Hall–Kier alpha value is -0.820. The average Bonchev–Trinajstić information content (AvgIpc) is 3.05. The van der Waals surface area contributed by atoms with Crippen molar-refractivity contribution in [3.05, 3.63) is 27.7 Å². The average molecular weight is 338 g/mol. The van der Waals surface area contributed by atoms with Crippen LogP contribution in [0, 0.1) is 5.92 Å². The molecule has 0 spiro atoms. The molecule has 1 aliphatic rings. The predicted molar refractivity (Wildman–Crippen MR) is 75.9 cm³/mol. The highest BCUT2D eigenvalue weighted by atomic mass is 35.5. The van der Waals surface area contributed by atoms with Gasteiger partial charge in [-0.3, -0.25) is 0 Å². The lowest BCUT2D eigenvalue weighted by Gasteiger charge is -2.10. The van der Waals surface area contributed by atoms with E-state index in [-0.39, 0.29) is 21.0 Å². The van der Waals surface area contributed by atoms with E-state index in [1.165, 1.54) is 12.1 Å². The van der Waals surface area contributed by atoms with E-state index in [4.69, 9.17) is 28.3 Å². The smallest absolute Gasteiger partial charge is 0.338 e. The number of hydrogen-bond acceptors (Lipinski definition) is 3. The van der Waals surface area contributed by atoms with Gasteiger partial charge in [0.1, 0.15) is 4.90 Å². The third-order valence-corrected chi connectivity index (χ3v) is 5.66. The summed E-state index contributed by atoms with van der Waals surface area (Å²) in [5, 5.41) is 8.56. The Morgan fingerprint density at radius 1 is 1.45 bits per heavy atom. The molecule has 1 fully saturated rings. The van der Waals surface area contributed by atoms with Crippen molar-refractivity contribution < 1.29 is 18.3 Å². The Labute approximate surface area is 126 Å². The number of halogens is 2. The fourth-order valence-electron chi connectivity index (χ4n) is 2.04. The van der Waals surface area contributed by atoms with Gasteiger partial charge in [-0.2, -0.15) is 0 Å². The van der Waals surface area contributed by atoms with E-state index in [2.05, 4.69) is 4.72 Å². The normalized spacial score (nSPS) is 21.8. The van der Waals surface area contributed by atoms with Crippen molar-refractivity contribution in [3.63, 3.8) is 0 Å². The van der Waals surface area contributed by atoms with Crippen LogP contribution in [0.4, 0.5) is 0 Å². The van der Waals surface area contributed by atoms with Gasteiger partial charge in [-0.25, -0.2) is 17.9 Å². The number of benzene rings is 1. The molecule has 1 aliphatic carbocycles. The number of carbonyl (C=O) groups is 1. The van der Waals surface area contributed by atoms with Gasteiger partial charge >= 0.3 is 5.97 Å². The number of hydrogen-bond donors (Lipinski definition) is 2. The van der Waals surface area contributed by atoms with Crippen LogP contribution >= 0.6 is 23.2 Å². The van der Waals surface area contributed by atoms with E-state index in [1.54, 1.807) is 0 Å². The van der Waals surface area contributed by atoms with Crippen LogP contribution in [-0.4, -0.2) is 25.5 Å². The van der Waals surface area contributed by atoms with Crippen LogP contribution in [0.25, 0.3) is 0 Å². The van der Waals surface area contributed by atoms with Crippen molar-refractivity contribution in [2.45, 2.75) is 30.7 Å². The van der Waals surface area contributed by atoms with Gasteiger partial charge in [-0.15, -0.1) is 0 Å². The molecule has 0 aromatic heterocycles. The molecule has 1 aromatic carbocycles. The number of rotatable bonds is 5. The first kappa shape index (κ1) is 15.6. The van der Waals surface area contributed by atoms with E-state index < -0.39 is 21.6 Å². The number of carboxylic acid groups (broad SMARTS) is 1. The molecule has 1 saturated carbocycles. The Morgan fingerprint density at radius 2 is 2.10 bits per heavy atom. The molecule has 0 bridgehead atoms. The summed E-state index contributed by atoms with van der Waals surface area (Å²) in [5.74, 6) is -1.04. The maximum absolute atomic E-state index is 12.2. The first-order valence-electron chi connectivity index (χ1n) is 6.01. The Bertz CT molecular complexity index is 660. The van der Waals surface area contributed by atoms with Gasteiger partial charge in [0, 0.05) is 6.04 Å². The van der Waals surface area contributed by atoms with Gasteiger partial charge < -0.3 is 5.11 Å². The number of aromatic carboxylic acids is 1. The molecule has 2 atom stereocenters. The molecule has 0 saturated heterocycles. The van der Waals surface area contributed by atoms with Crippen LogP contribution in [0.3, 0.4) is 0 Å². The third-order valence-electron chi connectivity index (χ3n) is 3.31. The minimum Gasteiger partial charge on any atom is -0.478 e. The number of nitrogens with one attached hydrogen (secondary N) is 1. The van der Waals surface area contributed by atoms with Crippen molar-refractivity contribution in [3.8, 4) is 0 Å². The first-order chi connectivity index (χ1) is 9.27. The monoisotopic (exact) mass is 337 g/mol. The van der Waals surface area contributed by atoms with Crippen LogP contribution in [0.1, 0.15) is 30.1 Å². The maximum atomic E-state index is 12.2. The van der Waals surface area contributed by atoms with Crippen molar-refractivity contribution >= 4 is 39.2 Å². The highest BCUT2D eigenvalue weighted by molar-refractivity contribution is 7.89. The largest absolute Gasteiger partial charge is 0.478 e. The van der Waals surface area contributed by atoms with E-state index >= 15 is 0 Å². The summed E-state index contributed by atoms with van der Waals surface area (Å²) in [6.45, 7) is 1.98. The molecule has 2 unspecified atom stereocenters. The summed E-state index contributed by atoms with van der Waals surface area (Å²) >= 11 is 11.6. The number of sulfonamides is 1. The summed E-state index contributed by atoms with van der Waals surface area (Å²) in [4.78, 5) is 10.8. The molecule has 110 valence electrons. The molecular formula is C12H13Cl2NO4S. The van der Waals surface area contributed by atoms with Crippen molar-refractivity contribution in [2.24, 2.45) is 5.92 Å². The van der Waals surface area contributed by atoms with Gasteiger partial charge in [0.05, 0.1) is 15.6 Å². The molecule has 0 heterocycles. The zero-order valence-electron chi connectivity index (χ0n) is 10.6. The van der Waals surface area contributed by atoms with Gasteiger partial charge in [-0.1, -0.05) is 36.5 Å². The van der Waals surface area contributed by atoms with E-state index in [9.17, 15) is 13.2 Å². The van der Waals surface area contributed by atoms with Crippen LogP contribution < -0.4 is 4.72 Å². The lowest BCUT2D eigenvalue weighted by molar-refractivity contribution is 0.0697. The Morgan fingerprint density at radius 3 is 2.60 bits per heavy atom. The topological polar surface area (TPSA) is 83.5 Å². The molecule has 2 rings (SSSR count). The molecule has 2 N–H and O–H groups in total. The molecule has 1 aromatic rings. The lowest BCUT2D eigenvalue weighted by atomic mass is 10.2. The summed E-state index contributed by atoms with van der Waals surface area (Å²) in [6, 6.07) is 2.32. The predicted octanol–water partition coefficient (Wildman–Crippen LogP) is 2.77. The van der Waals surface area contributed by atoms with Gasteiger partial charge in [0.15, 0.2) is 0 Å². The summed E-state index contributed by atoms with van der Waals surface area (Å²) in [6.07, 6.45) is 1.68. The van der Waals surface area contributed by atoms with Gasteiger partial charge in [-0.05, 0) is 24.5 Å². The van der Waals surface area contributed by atoms with Crippen LogP contribution in [-0.2, 0) is 10.0 Å². The maximum Gasteiger partial charge on any atom is 0.338 e. The second kappa shape index (κ2) is 5.52. The second-order valence-electron chi connectivity index (χ2n) is 4.67. The zero-order valence-corrected chi connectivity index (χ0v) is 12.9. The van der Waals surface area contributed by atoms with Crippen LogP contribution in [0.2, 0.25) is 10.0 Å². The quantitative estimate of drug-likeness (QED) is 0.865. The van der Waals surface area contributed by atoms with E-state index in [0.29, 0.717) is 5.92 Å². The van der Waals surface area contributed by atoms with Crippen LogP contribution in [0.15, 0.2) is 17.0 Å². The molecule has 8 heteroatoms. The minimum absolute atomic E-state index is 0.0979. The third kappa shape index (κ3) is 2.93. The van der Waals surface area contributed by atoms with E-state index in [0.717, 1.165) is 12.8 Å². The molecule has 5 nitrogen and oxygen atoms in total. The highest BCUT2D eigenvalue weighted by Crippen LogP contribution is 2.36.